The molecule has 0 aliphatic rings. The standard InChI is InChI=1S/C11H16ClN/c1-8(11(2,3)4)9-5-6-13-10(12)7-9/h5-8H,1-4H3. The van der Waals surface area contributed by atoms with Crippen LogP contribution in [-0.2, 0) is 0 Å². The van der Waals surface area contributed by atoms with E-state index >= 15 is 0 Å². The normalized spacial score (nSPS) is 14.2. The van der Waals surface area contributed by atoms with E-state index in [0.29, 0.717) is 11.1 Å². The molecule has 2 heteroatoms. The molecule has 1 unspecified atom stereocenters. The molecule has 0 fully saturated rings. The minimum absolute atomic E-state index is 0.269. The van der Waals surface area contributed by atoms with E-state index in [-0.39, 0.29) is 5.41 Å². The van der Waals surface area contributed by atoms with Crippen LogP contribution in [0.2, 0.25) is 5.15 Å². The summed E-state index contributed by atoms with van der Waals surface area (Å²) in [6.45, 7) is 8.90. The summed E-state index contributed by atoms with van der Waals surface area (Å²) in [4.78, 5) is 3.97. The second kappa shape index (κ2) is 3.67. The fraction of sp³-hybridized carbons (Fsp3) is 0.545. The van der Waals surface area contributed by atoms with Crippen molar-refractivity contribution in [2.24, 2.45) is 5.41 Å². The molecule has 0 radical (unpaired) electrons. The zero-order valence-corrected chi connectivity index (χ0v) is 9.39. The second-order valence-corrected chi connectivity index (χ2v) is 4.89. The zero-order chi connectivity index (χ0) is 10.1. The van der Waals surface area contributed by atoms with Gasteiger partial charge in [-0.05, 0) is 29.0 Å². The van der Waals surface area contributed by atoms with Gasteiger partial charge in [-0.15, -0.1) is 0 Å². The number of rotatable bonds is 1. The van der Waals surface area contributed by atoms with Gasteiger partial charge in [-0.3, -0.25) is 0 Å². The number of pyridine rings is 1. The lowest BCUT2D eigenvalue weighted by Crippen LogP contribution is -2.15. The maximum absolute atomic E-state index is 5.83. The Kier molecular flexibility index (Phi) is 2.97. The predicted molar refractivity (Wildman–Crippen MR) is 57.1 cm³/mol. The van der Waals surface area contributed by atoms with Crippen molar-refractivity contribution in [3.05, 3.63) is 29.0 Å². The molecule has 0 aliphatic heterocycles. The third kappa shape index (κ3) is 2.70. The summed E-state index contributed by atoms with van der Waals surface area (Å²) in [5.74, 6) is 0.494. The molecule has 1 aromatic heterocycles. The minimum atomic E-state index is 0.269. The summed E-state index contributed by atoms with van der Waals surface area (Å²) in [5, 5.41) is 0.577. The van der Waals surface area contributed by atoms with Crippen LogP contribution in [-0.4, -0.2) is 4.98 Å². The Balaban J connectivity index is 2.96. The van der Waals surface area contributed by atoms with Gasteiger partial charge in [0.25, 0.3) is 0 Å². The third-order valence-electron chi connectivity index (χ3n) is 2.55. The van der Waals surface area contributed by atoms with Crippen LogP contribution in [0.5, 0.6) is 0 Å². The Morgan fingerprint density at radius 1 is 1.38 bits per heavy atom. The van der Waals surface area contributed by atoms with E-state index in [1.165, 1.54) is 5.56 Å². The maximum Gasteiger partial charge on any atom is 0.129 e. The first kappa shape index (κ1) is 10.5. The van der Waals surface area contributed by atoms with Crippen molar-refractivity contribution in [2.75, 3.05) is 0 Å². The molecule has 1 rings (SSSR count). The van der Waals surface area contributed by atoms with Crippen molar-refractivity contribution in [1.29, 1.82) is 0 Å². The lowest BCUT2D eigenvalue weighted by molar-refractivity contribution is 0.339. The van der Waals surface area contributed by atoms with Gasteiger partial charge in [-0.2, -0.15) is 0 Å². The SMILES string of the molecule is CC(c1ccnc(Cl)c1)C(C)(C)C. The molecule has 0 N–H and O–H groups in total. The van der Waals surface area contributed by atoms with E-state index in [1.807, 2.05) is 12.1 Å². The number of nitrogens with zero attached hydrogens (tertiary/aromatic N) is 1. The summed E-state index contributed by atoms with van der Waals surface area (Å²) in [5.41, 5.74) is 1.53. The first-order chi connectivity index (χ1) is 5.91. The Labute approximate surface area is 85.1 Å². The topological polar surface area (TPSA) is 12.9 Å². The summed E-state index contributed by atoms with van der Waals surface area (Å²) in [6, 6.07) is 3.97. The van der Waals surface area contributed by atoms with Crippen LogP contribution in [0.1, 0.15) is 39.2 Å². The van der Waals surface area contributed by atoms with Crippen LogP contribution >= 0.6 is 11.6 Å². The average Bonchev–Trinajstić information content (AvgIpc) is 2.01. The second-order valence-electron chi connectivity index (χ2n) is 4.50. The van der Waals surface area contributed by atoms with Crippen molar-refractivity contribution in [3.8, 4) is 0 Å². The molecule has 0 bridgehead atoms. The van der Waals surface area contributed by atoms with Gasteiger partial charge in [0, 0.05) is 6.20 Å². The molecule has 0 amide bonds. The number of hydrogen-bond donors (Lipinski definition) is 0. The predicted octanol–water partition coefficient (Wildman–Crippen LogP) is 3.88. The van der Waals surface area contributed by atoms with Crippen molar-refractivity contribution in [2.45, 2.75) is 33.6 Å². The van der Waals surface area contributed by atoms with E-state index in [4.69, 9.17) is 11.6 Å². The lowest BCUT2D eigenvalue weighted by Gasteiger charge is -2.27. The first-order valence-corrected chi connectivity index (χ1v) is 4.90. The van der Waals surface area contributed by atoms with Gasteiger partial charge in [-0.1, -0.05) is 39.3 Å². The highest BCUT2D eigenvalue weighted by molar-refractivity contribution is 6.29. The van der Waals surface area contributed by atoms with Crippen LogP contribution < -0.4 is 0 Å². The van der Waals surface area contributed by atoms with Gasteiger partial charge >= 0.3 is 0 Å². The summed E-state index contributed by atoms with van der Waals surface area (Å²) in [6.07, 6.45) is 1.76. The Morgan fingerprint density at radius 3 is 2.46 bits per heavy atom. The minimum Gasteiger partial charge on any atom is -0.245 e. The number of hydrogen-bond acceptors (Lipinski definition) is 1. The molecule has 0 aromatic carbocycles. The van der Waals surface area contributed by atoms with E-state index in [1.54, 1.807) is 6.20 Å². The summed E-state index contributed by atoms with van der Waals surface area (Å²) in [7, 11) is 0. The molecule has 0 saturated carbocycles. The molecule has 1 atom stereocenters. The first-order valence-electron chi connectivity index (χ1n) is 4.52. The van der Waals surface area contributed by atoms with E-state index < -0.39 is 0 Å². The molecular formula is C11H16ClN. The molecule has 1 nitrogen and oxygen atoms in total. The Bertz CT molecular complexity index is 288. The van der Waals surface area contributed by atoms with Crippen molar-refractivity contribution in [3.63, 3.8) is 0 Å². The molecule has 13 heavy (non-hydrogen) atoms. The smallest absolute Gasteiger partial charge is 0.129 e. The van der Waals surface area contributed by atoms with Gasteiger partial charge in [0.1, 0.15) is 5.15 Å². The van der Waals surface area contributed by atoms with Crippen LogP contribution in [0, 0.1) is 5.41 Å². The monoisotopic (exact) mass is 197 g/mol. The van der Waals surface area contributed by atoms with Gasteiger partial charge < -0.3 is 0 Å². The largest absolute Gasteiger partial charge is 0.245 e. The molecule has 1 heterocycles. The van der Waals surface area contributed by atoms with Gasteiger partial charge in [0.2, 0.25) is 0 Å². The third-order valence-corrected chi connectivity index (χ3v) is 2.76. The molecule has 0 aliphatic carbocycles. The highest BCUT2D eigenvalue weighted by atomic mass is 35.5. The quantitative estimate of drug-likeness (QED) is 0.623. The fourth-order valence-electron chi connectivity index (χ4n) is 1.19. The zero-order valence-electron chi connectivity index (χ0n) is 8.63. The lowest BCUT2D eigenvalue weighted by atomic mass is 9.78. The van der Waals surface area contributed by atoms with E-state index in [9.17, 15) is 0 Å². The molecular weight excluding hydrogens is 182 g/mol. The van der Waals surface area contributed by atoms with Crippen molar-refractivity contribution >= 4 is 11.6 Å². The number of aromatic nitrogens is 1. The Hall–Kier alpha value is -0.560. The van der Waals surface area contributed by atoms with Crippen LogP contribution in [0.3, 0.4) is 0 Å². The summed E-state index contributed by atoms with van der Waals surface area (Å²) >= 11 is 5.83. The molecule has 0 saturated heterocycles. The highest BCUT2D eigenvalue weighted by Gasteiger charge is 2.21. The number of halogens is 1. The van der Waals surface area contributed by atoms with Crippen LogP contribution in [0.15, 0.2) is 18.3 Å². The van der Waals surface area contributed by atoms with Gasteiger partial charge in [0.05, 0.1) is 0 Å². The van der Waals surface area contributed by atoms with Crippen LogP contribution in [0.4, 0.5) is 0 Å². The average molecular weight is 198 g/mol. The summed E-state index contributed by atoms with van der Waals surface area (Å²) < 4.78 is 0. The van der Waals surface area contributed by atoms with E-state index in [2.05, 4.69) is 32.7 Å². The van der Waals surface area contributed by atoms with Gasteiger partial charge in [0.15, 0.2) is 0 Å². The Morgan fingerprint density at radius 2 is 2.00 bits per heavy atom. The highest BCUT2D eigenvalue weighted by Crippen LogP contribution is 2.34. The van der Waals surface area contributed by atoms with E-state index in [0.717, 1.165) is 0 Å². The van der Waals surface area contributed by atoms with Crippen molar-refractivity contribution in [1.82, 2.24) is 4.98 Å². The fourth-order valence-corrected chi connectivity index (χ4v) is 1.37. The maximum atomic E-state index is 5.83. The van der Waals surface area contributed by atoms with Gasteiger partial charge in [-0.25, -0.2) is 4.98 Å². The van der Waals surface area contributed by atoms with Crippen molar-refractivity contribution < 1.29 is 0 Å². The van der Waals surface area contributed by atoms with Crippen LogP contribution in [0.25, 0.3) is 0 Å². The molecule has 0 spiro atoms. The molecule has 1 aromatic rings. The molecule has 72 valence electrons.